The van der Waals surface area contributed by atoms with Crippen molar-refractivity contribution in [2.75, 3.05) is 5.32 Å². The van der Waals surface area contributed by atoms with Gasteiger partial charge in [0.2, 0.25) is 5.88 Å². The van der Waals surface area contributed by atoms with E-state index in [0.717, 1.165) is 0 Å². The van der Waals surface area contributed by atoms with Crippen molar-refractivity contribution >= 4 is 11.7 Å². The normalized spacial score (nSPS) is 10.2. The van der Waals surface area contributed by atoms with Gasteiger partial charge in [0.15, 0.2) is 5.82 Å². The molecule has 0 bridgehead atoms. The van der Waals surface area contributed by atoms with Gasteiger partial charge in [-0.1, -0.05) is 23.4 Å². The molecule has 6 nitrogen and oxygen atoms in total. The van der Waals surface area contributed by atoms with Crippen molar-refractivity contribution in [1.82, 2.24) is 10.1 Å². The van der Waals surface area contributed by atoms with Crippen molar-refractivity contribution in [3.63, 3.8) is 0 Å². The molecule has 0 saturated heterocycles. The summed E-state index contributed by atoms with van der Waals surface area (Å²) >= 11 is 0. The fourth-order valence-electron chi connectivity index (χ4n) is 1.85. The molecule has 2 aromatic heterocycles. The molecular weight excluding hydrogens is 282 g/mol. The highest BCUT2D eigenvalue weighted by molar-refractivity contribution is 6.05. The van der Waals surface area contributed by atoms with Gasteiger partial charge in [-0.25, -0.2) is 4.98 Å². The van der Waals surface area contributed by atoms with E-state index in [1.165, 1.54) is 0 Å². The van der Waals surface area contributed by atoms with E-state index in [0.29, 0.717) is 22.9 Å². The Morgan fingerprint density at radius 3 is 2.73 bits per heavy atom. The zero-order valence-electron chi connectivity index (χ0n) is 11.8. The van der Waals surface area contributed by atoms with Crippen LogP contribution in [0.2, 0.25) is 0 Å². The molecule has 110 valence electrons. The van der Waals surface area contributed by atoms with Gasteiger partial charge < -0.3 is 14.6 Å². The number of carbonyl (C=O) groups excluding carboxylic acids is 1. The van der Waals surface area contributed by atoms with Gasteiger partial charge in [0.25, 0.3) is 5.91 Å². The Morgan fingerprint density at radius 1 is 1.18 bits per heavy atom. The number of aromatic nitrogens is 2. The van der Waals surface area contributed by atoms with E-state index in [-0.39, 0.29) is 11.8 Å². The molecular formula is C16H13N3O3. The summed E-state index contributed by atoms with van der Waals surface area (Å²) in [6.07, 6.45) is 1.56. The monoisotopic (exact) mass is 295 g/mol. The first-order valence-electron chi connectivity index (χ1n) is 6.65. The van der Waals surface area contributed by atoms with Gasteiger partial charge in [0, 0.05) is 12.3 Å². The molecule has 22 heavy (non-hydrogen) atoms. The van der Waals surface area contributed by atoms with Gasteiger partial charge in [-0.15, -0.1) is 0 Å². The lowest BCUT2D eigenvalue weighted by molar-refractivity contribution is 0.102. The SMILES string of the molecule is Cc1cc(NC(=O)c2cccnc2Oc2ccccc2)no1. The number of carbonyl (C=O) groups is 1. The second kappa shape index (κ2) is 6.09. The van der Waals surface area contributed by atoms with Crippen molar-refractivity contribution in [2.24, 2.45) is 0 Å². The first kappa shape index (κ1) is 13.8. The Hall–Kier alpha value is -3.15. The highest BCUT2D eigenvalue weighted by atomic mass is 16.5. The molecule has 1 amide bonds. The van der Waals surface area contributed by atoms with Crippen LogP contribution in [0.25, 0.3) is 0 Å². The number of nitrogens with one attached hydrogen (secondary N) is 1. The molecule has 1 N–H and O–H groups in total. The minimum atomic E-state index is -0.368. The zero-order chi connectivity index (χ0) is 15.4. The molecule has 2 heterocycles. The first-order chi connectivity index (χ1) is 10.7. The maximum Gasteiger partial charge on any atom is 0.262 e. The Morgan fingerprint density at radius 2 is 2.00 bits per heavy atom. The summed E-state index contributed by atoms with van der Waals surface area (Å²) in [5, 5.41) is 6.37. The summed E-state index contributed by atoms with van der Waals surface area (Å²) in [6, 6.07) is 14.1. The van der Waals surface area contributed by atoms with Crippen molar-refractivity contribution in [1.29, 1.82) is 0 Å². The molecule has 0 aliphatic carbocycles. The van der Waals surface area contributed by atoms with Gasteiger partial charge in [0.1, 0.15) is 17.1 Å². The Bertz CT molecular complexity index is 784. The predicted octanol–water partition coefficient (Wildman–Crippen LogP) is 3.42. The molecule has 0 unspecified atom stereocenters. The molecule has 0 fully saturated rings. The molecule has 1 aromatic carbocycles. The fourth-order valence-corrected chi connectivity index (χ4v) is 1.85. The molecule has 6 heteroatoms. The third-order valence-corrected chi connectivity index (χ3v) is 2.84. The molecule has 3 rings (SSSR count). The predicted molar refractivity (Wildman–Crippen MR) is 79.9 cm³/mol. The van der Waals surface area contributed by atoms with Crippen LogP contribution in [0.3, 0.4) is 0 Å². The molecule has 0 spiro atoms. The molecule has 0 radical (unpaired) electrons. The summed E-state index contributed by atoms with van der Waals surface area (Å²) in [5.41, 5.74) is 0.312. The van der Waals surface area contributed by atoms with Crippen LogP contribution in [0.4, 0.5) is 5.82 Å². The van der Waals surface area contributed by atoms with E-state index in [2.05, 4.69) is 15.5 Å². The van der Waals surface area contributed by atoms with Crippen molar-refractivity contribution in [2.45, 2.75) is 6.92 Å². The molecule has 0 saturated carbocycles. The van der Waals surface area contributed by atoms with Crippen LogP contribution in [-0.4, -0.2) is 16.0 Å². The third kappa shape index (κ3) is 3.12. The van der Waals surface area contributed by atoms with Crippen molar-refractivity contribution in [3.05, 3.63) is 66.1 Å². The smallest absolute Gasteiger partial charge is 0.262 e. The number of pyridine rings is 1. The average Bonchev–Trinajstić information content (AvgIpc) is 2.94. The van der Waals surface area contributed by atoms with Gasteiger partial charge >= 0.3 is 0 Å². The number of para-hydroxylation sites is 1. The summed E-state index contributed by atoms with van der Waals surface area (Å²) in [4.78, 5) is 16.4. The zero-order valence-corrected chi connectivity index (χ0v) is 11.8. The maximum absolute atomic E-state index is 12.3. The quantitative estimate of drug-likeness (QED) is 0.798. The summed E-state index contributed by atoms with van der Waals surface area (Å²) < 4.78 is 10.6. The minimum absolute atomic E-state index is 0.228. The number of anilines is 1. The lowest BCUT2D eigenvalue weighted by atomic mass is 10.2. The number of hydrogen-bond donors (Lipinski definition) is 1. The largest absolute Gasteiger partial charge is 0.438 e. The average molecular weight is 295 g/mol. The maximum atomic E-state index is 12.3. The van der Waals surface area contributed by atoms with Gasteiger partial charge in [-0.2, -0.15) is 0 Å². The second-order valence-corrected chi connectivity index (χ2v) is 4.55. The van der Waals surface area contributed by atoms with Crippen LogP contribution in [0.5, 0.6) is 11.6 Å². The van der Waals surface area contributed by atoms with E-state index >= 15 is 0 Å². The number of hydrogen-bond acceptors (Lipinski definition) is 5. The van der Waals surface area contributed by atoms with Crippen LogP contribution in [0, 0.1) is 6.92 Å². The Balaban J connectivity index is 1.83. The summed E-state index contributed by atoms with van der Waals surface area (Å²) in [7, 11) is 0. The van der Waals surface area contributed by atoms with E-state index in [1.54, 1.807) is 43.5 Å². The number of aryl methyl sites for hydroxylation is 1. The van der Waals surface area contributed by atoms with E-state index in [4.69, 9.17) is 9.26 Å². The van der Waals surface area contributed by atoms with Crippen molar-refractivity contribution in [3.8, 4) is 11.6 Å². The van der Waals surface area contributed by atoms with Gasteiger partial charge in [-0.3, -0.25) is 4.79 Å². The van der Waals surface area contributed by atoms with Crippen LogP contribution in [0.15, 0.2) is 59.3 Å². The first-order valence-corrected chi connectivity index (χ1v) is 6.65. The van der Waals surface area contributed by atoms with E-state index in [9.17, 15) is 4.79 Å². The van der Waals surface area contributed by atoms with E-state index < -0.39 is 0 Å². The number of rotatable bonds is 4. The van der Waals surface area contributed by atoms with Gasteiger partial charge in [0.05, 0.1) is 0 Å². The fraction of sp³-hybridized carbons (Fsp3) is 0.0625. The van der Waals surface area contributed by atoms with Crippen LogP contribution in [-0.2, 0) is 0 Å². The molecule has 0 atom stereocenters. The second-order valence-electron chi connectivity index (χ2n) is 4.55. The molecule has 0 aliphatic rings. The number of benzene rings is 1. The van der Waals surface area contributed by atoms with E-state index in [1.807, 2.05) is 18.2 Å². The number of ether oxygens (including phenoxy) is 1. The number of amides is 1. The molecule has 3 aromatic rings. The molecule has 0 aliphatic heterocycles. The summed E-state index contributed by atoms with van der Waals surface area (Å²) in [5.74, 6) is 1.42. The lowest BCUT2D eigenvalue weighted by Crippen LogP contribution is -2.13. The number of nitrogens with zero attached hydrogens (tertiary/aromatic N) is 2. The van der Waals surface area contributed by atoms with Gasteiger partial charge in [-0.05, 0) is 31.2 Å². The Labute approximate surface area is 126 Å². The highest BCUT2D eigenvalue weighted by Gasteiger charge is 2.15. The lowest BCUT2D eigenvalue weighted by Gasteiger charge is -2.09. The Kier molecular flexibility index (Phi) is 3.82. The standard InChI is InChI=1S/C16H13N3O3/c1-11-10-14(19-22-11)18-15(20)13-8-5-9-17-16(13)21-12-6-3-2-4-7-12/h2-10H,1H3,(H,18,19,20). The highest BCUT2D eigenvalue weighted by Crippen LogP contribution is 2.23. The topological polar surface area (TPSA) is 77.2 Å². The minimum Gasteiger partial charge on any atom is -0.438 e. The van der Waals surface area contributed by atoms with Crippen LogP contribution < -0.4 is 10.1 Å². The van der Waals surface area contributed by atoms with Crippen molar-refractivity contribution < 1.29 is 14.1 Å². The van der Waals surface area contributed by atoms with Crippen LogP contribution in [0.1, 0.15) is 16.1 Å². The van der Waals surface area contributed by atoms with Crippen LogP contribution >= 0.6 is 0 Å². The third-order valence-electron chi connectivity index (χ3n) is 2.84. The summed E-state index contributed by atoms with van der Waals surface area (Å²) in [6.45, 7) is 1.75.